The maximum absolute atomic E-state index is 5.92. The first-order chi connectivity index (χ1) is 9.46. The first kappa shape index (κ1) is 17.3. The van der Waals surface area contributed by atoms with Crippen molar-refractivity contribution in [2.45, 2.75) is 32.8 Å². The molecule has 0 bridgehead atoms. The van der Waals surface area contributed by atoms with Gasteiger partial charge < -0.3 is 15.4 Å². The van der Waals surface area contributed by atoms with Crippen molar-refractivity contribution in [3.05, 3.63) is 21.3 Å². The lowest BCUT2D eigenvalue weighted by Crippen LogP contribution is -2.40. The number of methoxy groups -OCH3 is 1. The summed E-state index contributed by atoms with van der Waals surface area (Å²) in [5, 5.41) is 6.55. The van der Waals surface area contributed by atoms with Crippen LogP contribution >= 0.6 is 22.9 Å². The van der Waals surface area contributed by atoms with Gasteiger partial charge in [0.2, 0.25) is 0 Å². The number of aliphatic imine (C=N–C) groups is 1. The van der Waals surface area contributed by atoms with E-state index in [-0.39, 0.29) is 5.60 Å². The smallest absolute Gasteiger partial charge is 0.191 e. The quantitative estimate of drug-likeness (QED) is 0.600. The van der Waals surface area contributed by atoms with Gasteiger partial charge in [-0.15, -0.1) is 11.3 Å². The molecule has 0 atom stereocenters. The second-order valence-electron chi connectivity index (χ2n) is 5.04. The van der Waals surface area contributed by atoms with Crippen molar-refractivity contribution in [2.24, 2.45) is 4.99 Å². The van der Waals surface area contributed by atoms with Crippen LogP contribution < -0.4 is 10.6 Å². The second-order valence-corrected chi connectivity index (χ2v) is 6.84. The molecule has 4 nitrogen and oxygen atoms in total. The molecule has 114 valence electrons. The van der Waals surface area contributed by atoms with E-state index < -0.39 is 0 Å². The Bertz CT molecular complexity index is 432. The molecule has 0 aromatic carbocycles. The number of hydrogen-bond acceptors (Lipinski definition) is 3. The summed E-state index contributed by atoms with van der Waals surface area (Å²) < 4.78 is 6.20. The number of thiophene rings is 1. The molecule has 0 unspecified atom stereocenters. The zero-order valence-electron chi connectivity index (χ0n) is 12.6. The molecule has 0 aliphatic carbocycles. The van der Waals surface area contributed by atoms with Crippen LogP contribution in [0.15, 0.2) is 17.1 Å². The molecule has 1 aromatic heterocycles. The summed E-state index contributed by atoms with van der Waals surface area (Å²) in [6, 6.07) is 3.99. The van der Waals surface area contributed by atoms with Gasteiger partial charge >= 0.3 is 0 Å². The van der Waals surface area contributed by atoms with E-state index in [9.17, 15) is 0 Å². The maximum Gasteiger partial charge on any atom is 0.191 e. The maximum atomic E-state index is 5.92. The van der Waals surface area contributed by atoms with Crippen molar-refractivity contribution in [1.29, 1.82) is 0 Å². The highest BCUT2D eigenvalue weighted by atomic mass is 35.5. The van der Waals surface area contributed by atoms with Crippen LogP contribution in [-0.4, -0.2) is 38.3 Å². The minimum Gasteiger partial charge on any atom is -0.377 e. The predicted molar refractivity (Wildman–Crippen MR) is 88.1 cm³/mol. The van der Waals surface area contributed by atoms with Gasteiger partial charge in [-0.05, 0) is 39.3 Å². The molecule has 2 N–H and O–H groups in total. The first-order valence-electron chi connectivity index (χ1n) is 6.78. The zero-order valence-corrected chi connectivity index (χ0v) is 14.2. The van der Waals surface area contributed by atoms with Crippen LogP contribution in [0.1, 0.15) is 25.6 Å². The molecular weight excluding hydrogens is 294 g/mol. The highest BCUT2D eigenvalue weighted by Crippen LogP contribution is 2.21. The summed E-state index contributed by atoms with van der Waals surface area (Å²) in [7, 11) is 1.70. The van der Waals surface area contributed by atoms with E-state index in [2.05, 4.69) is 28.6 Å². The third kappa shape index (κ3) is 6.59. The number of ether oxygens (including phenoxy) is 1. The summed E-state index contributed by atoms with van der Waals surface area (Å²) in [4.78, 5) is 5.81. The Morgan fingerprint density at radius 2 is 2.15 bits per heavy atom. The van der Waals surface area contributed by atoms with Crippen molar-refractivity contribution < 1.29 is 4.74 Å². The first-order valence-corrected chi connectivity index (χ1v) is 7.98. The highest BCUT2D eigenvalue weighted by Gasteiger charge is 2.15. The normalized spacial score (nSPS) is 12.6. The van der Waals surface area contributed by atoms with Crippen LogP contribution in [0, 0.1) is 0 Å². The van der Waals surface area contributed by atoms with Crippen molar-refractivity contribution in [3.8, 4) is 0 Å². The third-order valence-corrected chi connectivity index (χ3v) is 4.10. The van der Waals surface area contributed by atoms with Crippen LogP contribution in [0.2, 0.25) is 4.34 Å². The van der Waals surface area contributed by atoms with Crippen LogP contribution in [0.4, 0.5) is 0 Å². The van der Waals surface area contributed by atoms with E-state index in [1.807, 2.05) is 19.9 Å². The lowest BCUT2D eigenvalue weighted by molar-refractivity contribution is 0.0310. The van der Waals surface area contributed by atoms with E-state index in [0.717, 1.165) is 29.8 Å². The number of hydrogen-bond donors (Lipinski definition) is 2. The number of nitrogens with zero attached hydrogens (tertiary/aromatic N) is 1. The fourth-order valence-electron chi connectivity index (χ4n) is 1.47. The van der Waals surface area contributed by atoms with Gasteiger partial charge in [0.15, 0.2) is 5.96 Å². The van der Waals surface area contributed by atoms with E-state index in [1.165, 1.54) is 4.88 Å². The Kier molecular flexibility index (Phi) is 7.34. The molecule has 0 saturated heterocycles. The minimum absolute atomic E-state index is 0.246. The van der Waals surface area contributed by atoms with Crippen molar-refractivity contribution in [3.63, 3.8) is 0 Å². The summed E-state index contributed by atoms with van der Waals surface area (Å²) in [5.41, 5.74) is -0.246. The lowest BCUT2D eigenvalue weighted by atomic mass is 10.1. The van der Waals surface area contributed by atoms with Crippen LogP contribution in [-0.2, 0) is 11.2 Å². The number of rotatable bonds is 7. The molecule has 0 fully saturated rings. The predicted octanol–water partition coefficient (Wildman–Crippen LogP) is 2.92. The Labute approximate surface area is 130 Å². The summed E-state index contributed by atoms with van der Waals surface area (Å²) in [5.74, 6) is 0.820. The Morgan fingerprint density at radius 3 is 2.70 bits per heavy atom. The van der Waals surface area contributed by atoms with Crippen molar-refractivity contribution >= 4 is 28.9 Å². The minimum atomic E-state index is -0.246. The third-order valence-electron chi connectivity index (χ3n) is 2.81. The number of halogens is 1. The van der Waals surface area contributed by atoms with Crippen LogP contribution in [0.3, 0.4) is 0 Å². The van der Waals surface area contributed by atoms with Gasteiger partial charge in [0.1, 0.15) is 0 Å². The molecule has 1 aromatic rings. The van der Waals surface area contributed by atoms with Crippen molar-refractivity contribution in [2.75, 3.05) is 26.7 Å². The SMILES string of the molecule is CCNC(=NCC(C)(C)OC)NCCc1ccc(Cl)s1. The molecule has 20 heavy (non-hydrogen) atoms. The molecule has 1 rings (SSSR count). The zero-order chi connectivity index (χ0) is 15.0. The largest absolute Gasteiger partial charge is 0.377 e. The summed E-state index contributed by atoms with van der Waals surface area (Å²) in [6.45, 7) is 8.38. The Balaban J connectivity index is 2.44. The highest BCUT2D eigenvalue weighted by molar-refractivity contribution is 7.16. The summed E-state index contributed by atoms with van der Waals surface area (Å²) in [6.07, 6.45) is 0.940. The number of guanidine groups is 1. The molecule has 0 amide bonds. The van der Waals surface area contributed by atoms with Crippen molar-refractivity contribution in [1.82, 2.24) is 10.6 Å². The monoisotopic (exact) mass is 317 g/mol. The molecule has 0 saturated carbocycles. The topological polar surface area (TPSA) is 45.7 Å². The Morgan fingerprint density at radius 1 is 1.40 bits per heavy atom. The average molecular weight is 318 g/mol. The van der Waals surface area contributed by atoms with Crippen LogP contribution in [0.25, 0.3) is 0 Å². The number of nitrogens with one attached hydrogen (secondary N) is 2. The van der Waals surface area contributed by atoms with E-state index in [0.29, 0.717) is 6.54 Å². The van der Waals surface area contributed by atoms with E-state index in [4.69, 9.17) is 16.3 Å². The van der Waals surface area contributed by atoms with E-state index in [1.54, 1.807) is 18.4 Å². The lowest BCUT2D eigenvalue weighted by Gasteiger charge is -2.21. The van der Waals surface area contributed by atoms with Gasteiger partial charge in [-0.1, -0.05) is 11.6 Å². The van der Waals surface area contributed by atoms with Gasteiger partial charge in [-0.2, -0.15) is 0 Å². The molecule has 1 heterocycles. The van der Waals surface area contributed by atoms with Gasteiger partial charge in [-0.25, -0.2) is 0 Å². The Hall–Kier alpha value is -0.780. The molecular formula is C14H24ClN3OS. The van der Waals surface area contributed by atoms with Gasteiger partial charge in [0.05, 0.1) is 16.5 Å². The molecule has 0 aliphatic rings. The fourth-order valence-corrected chi connectivity index (χ4v) is 2.55. The van der Waals surface area contributed by atoms with Gasteiger partial charge in [0, 0.05) is 25.1 Å². The second kappa shape index (κ2) is 8.49. The molecule has 0 radical (unpaired) electrons. The summed E-state index contributed by atoms with van der Waals surface area (Å²) >= 11 is 7.53. The average Bonchev–Trinajstić information content (AvgIpc) is 2.82. The standard InChI is InChI=1S/C14H24ClN3OS/c1-5-16-13(18-10-14(2,3)19-4)17-9-8-11-6-7-12(15)20-11/h6-7H,5,8-10H2,1-4H3,(H2,16,17,18). The molecule has 0 aliphatic heterocycles. The fraction of sp³-hybridized carbons (Fsp3) is 0.643. The molecule has 0 spiro atoms. The molecule has 6 heteroatoms. The van der Waals surface area contributed by atoms with Gasteiger partial charge in [0.25, 0.3) is 0 Å². The van der Waals surface area contributed by atoms with E-state index >= 15 is 0 Å². The van der Waals surface area contributed by atoms with Gasteiger partial charge in [-0.3, -0.25) is 4.99 Å². The van der Waals surface area contributed by atoms with Crippen LogP contribution in [0.5, 0.6) is 0 Å².